The Morgan fingerprint density at radius 2 is 1.85 bits per heavy atom. The van der Waals surface area contributed by atoms with E-state index in [4.69, 9.17) is 23.2 Å². The second-order valence-electron chi connectivity index (χ2n) is 8.73. The maximum atomic E-state index is 13.3. The summed E-state index contributed by atoms with van der Waals surface area (Å²) in [5.41, 5.74) is 4.94. The highest BCUT2D eigenvalue weighted by atomic mass is 35.5. The van der Waals surface area contributed by atoms with Gasteiger partial charge in [-0.1, -0.05) is 30.1 Å². The average Bonchev–Trinajstić information content (AvgIpc) is 3.13. The molecule has 0 radical (unpaired) electrons. The maximum absolute atomic E-state index is 13.3. The number of nitrogens with zero attached hydrogens (tertiary/aromatic N) is 4. The third-order valence-electron chi connectivity index (χ3n) is 6.57. The van der Waals surface area contributed by atoms with Gasteiger partial charge in [-0.2, -0.15) is 5.26 Å². The van der Waals surface area contributed by atoms with Crippen LogP contribution in [0.1, 0.15) is 46.1 Å². The van der Waals surface area contributed by atoms with Crippen molar-refractivity contribution in [2.45, 2.75) is 26.7 Å². The molecule has 0 atom stereocenters. The van der Waals surface area contributed by atoms with Gasteiger partial charge >= 0.3 is 0 Å². The standard InChI is InChI=1S/C26H28Cl2N4O/c1-4-7-31-8-10-32(11-9-31)26(33)20-5-6-23(27)22(25(20)28)15-19-14-21-17(2)12-18(16-29)13-24(21)30(19)3/h5-6,12-14H,4,7-11,15H2,1-3H3. The number of piperazine rings is 1. The Balaban J connectivity index is 1.63. The van der Waals surface area contributed by atoms with Crippen LogP contribution in [0, 0.1) is 18.3 Å². The number of aromatic nitrogens is 1. The van der Waals surface area contributed by atoms with E-state index in [9.17, 15) is 10.1 Å². The topological polar surface area (TPSA) is 52.3 Å². The van der Waals surface area contributed by atoms with Crippen LogP contribution in [-0.2, 0) is 13.5 Å². The zero-order valence-electron chi connectivity index (χ0n) is 19.3. The van der Waals surface area contributed by atoms with E-state index >= 15 is 0 Å². The van der Waals surface area contributed by atoms with Gasteiger partial charge in [0, 0.05) is 61.3 Å². The second-order valence-corrected chi connectivity index (χ2v) is 9.52. The molecule has 0 N–H and O–H groups in total. The highest BCUT2D eigenvalue weighted by molar-refractivity contribution is 6.38. The summed E-state index contributed by atoms with van der Waals surface area (Å²) in [4.78, 5) is 17.5. The quantitative estimate of drug-likeness (QED) is 0.487. The van der Waals surface area contributed by atoms with Gasteiger partial charge in [-0.15, -0.1) is 0 Å². The molecular formula is C26H28Cl2N4O. The van der Waals surface area contributed by atoms with E-state index in [-0.39, 0.29) is 5.91 Å². The van der Waals surface area contributed by atoms with Crippen molar-refractivity contribution in [2.24, 2.45) is 7.05 Å². The number of fused-ring (bicyclic) bond motifs is 1. The van der Waals surface area contributed by atoms with E-state index in [1.165, 1.54) is 0 Å². The fraction of sp³-hybridized carbons (Fsp3) is 0.385. The van der Waals surface area contributed by atoms with Crippen molar-refractivity contribution >= 4 is 40.0 Å². The zero-order chi connectivity index (χ0) is 23.7. The van der Waals surface area contributed by atoms with Gasteiger partial charge in [0.05, 0.1) is 22.2 Å². The molecule has 7 heteroatoms. The zero-order valence-corrected chi connectivity index (χ0v) is 20.8. The van der Waals surface area contributed by atoms with Crippen LogP contribution >= 0.6 is 23.2 Å². The molecule has 1 aliphatic rings. The van der Waals surface area contributed by atoms with Crippen LogP contribution in [0.2, 0.25) is 10.0 Å². The first-order valence-corrected chi connectivity index (χ1v) is 12.1. The summed E-state index contributed by atoms with van der Waals surface area (Å²) in [5, 5.41) is 11.4. The fourth-order valence-electron chi connectivity index (χ4n) is 4.66. The molecule has 0 saturated carbocycles. The molecular weight excluding hydrogens is 455 g/mol. The van der Waals surface area contributed by atoms with Crippen LogP contribution < -0.4 is 0 Å². The minimum Gasteiger partial charge on any atom is -0.347 e. The molecule has 1 aliphatic heterocycles. The van der Waals surface area contributed by atoms with Crippen LogP contribution in [0.4, 0.5) is 0 Å². The van der Waals surface area contributed by atoms with Gasteiger partial charge < -0.3 is 9.47 Å². The Morgan fingerprint density at radius 1 is 1.12 bits per heavy atom. The lowest BCUT2D eigenvalue weighted by atomic mass is 10.0. The summed E-state index contributed by atoms with van der Waals surface area (Å²) in [5.74, 6) is -0.0411. The summed E-state index contributed by atoms with van der Waals surface area (Å²) in [7, 11) is 1.98. The molecule has 1 saturated heterocycles. The number of rotatable bonds is 5. The third kappa shape index (κ3) is 4.61. The SMILES string of the molecule is CCCN1CCN(C(=O)c2ccc(Cl)c(Cc3cc4c(C)cc(C#N)cc4n3C)c2Cl)CC1. The van der Waals surface area contributed by atoms with Crippen molar-refractivity contribution in [3.05, 3.63) is 68.3 Å². The Kier molecular flexibility index (Phi) is 6.99. The first-order valence-electron chi connectivity index (χ1n) is 11.3. The minimum atomic E-state index is -0.0411. The second kappa shape index (κ2) is 9.77. The minimum absolute atomic E-state index is 0.0411. The number of halogens is 2. The molecule has 0 aliphatic carbocycles. The molecule has 1 fully saturated rings. The normalized spacial score (nSPS) is 14.6. The van der Waals surface area contributed by atoms with E-state index in [2.05, 4.69) is 28.5 Å². The molecule has 1 amide bonds. The Labute approximate surface area is 205 Å². The van der Waals surface area contributed by atoms with E-state index in [1.54, 1.807) is 12.1 Å². The molecule has 2 aromatic carbocycles. The number of nitriles is 1. The Bertz CT molecular complexity index is 1250. The number of hydrogen-bond donors (Lipinski definition) is 0. The third-order valence-corrected chi connectivity index (χ3v) is 7.36. The number of amides is 1. The van der Waals surface area contributed by atoms with Gasteiger partial charge in [0.1, 0.15) is 0 Å². The molecule has 0 spiro atoms. The largest absolute Gasteiger partial charge is 0.347 e. The molecule has 3 aromatic rings. The summed E-state index contributed by atoms with van der Waals surface area (Å²) in [6.07, 6.45) is 1.61. The van der Waals surface area contributed by atoms with Crippen LogP contribution in [0.15, 0.2) is 30.3 Å². The molecule has 1 aromatic heterocycles. The highest BCUT2D eigenvalue weighted by Gasteiger charge is 2.25. The van der Waals surface area contributed by atoms with Gasteiger partial charge in [0.25, 0.3) is 5.91 Å². The van der Waals surface area contributed by atoms with Gasteiger partial charge in [-0.3, -0.25) is 9.69 Å². The Hall–Kier alpha value is -2.52. The molecule has 172 valence electrons. The van der Waals surface area contributed by atoms with Crippen LogP contribution in [-0.4, -0.2) is 53.0 Å². The van der Waals surface area contributed by atoms with Gasteiger partial charge in [-0.25, -0.2) is 0 Å². The molecule has 33 heavy (non-hydrogen) atoms. The van der Waals surface area contributed by atoms with Crippen molar-refractivity contribution in [1.29, 1.82) is 5.26 Å². The van der Waals surface area contributed by atoms with Crippen LogP contribution in [0.3, 0.4) is 0 Å². The first kappa shape index (κ1) is 23.6. The predicted molar refractivity (Wildman–Crippen MR) is 134 cm³/mol. The number of carbonyl (C=O) groups is 1. The number of benzene rings is 2. The summed E-state index contributed by atoms with van der Waals surface area (Å²) >= 11 is 13.3. The predicted octanol–water partition coefficient (Wildman–Crippen LogP) is 5.42. The van der Waals surface area contributed by atoms with Crippen LogP contribution in [0.25, 0.3) is 10.9 Å². The van der Waals surface area contributed by atoms with Crippen LogP contribution in [0.5, 0.6) is 0 Å². The average molecular weight is 483 g/mol. The van der Waals surface area contributed by atoms with E-state index in [1.807, 2.05) is 31.0 Å². The molecule has 0 bridgehead atoms. The first-order chi connectivity index (χ1) is 15.8. The highest BCUT2D eigenvalue weighted by Crippen LogP contribution is 2.33. The Morgan fingerprint density at radius 3 is 2.52 bits per heavy atom. The fourth-order valence-corrected chi connectivity index (χ4v) is 5.25. The molecule has 5 nitrogen and oxygen atoms in total. The molecule has 0 unspecified atom stereocenters. The van der Waals surface area contributed by atoms with E-state index in [0.29, 0.717) is 40.7 Å². The van der Waals surface area contributed by atoms with Crippen molar-refractivity contribution < 1.29 is 4.79 Å². The summed E-state index contributed by atoms with van der Waals surface area (Å²) < 4.78 is 2.07. The lowest BCUT2D eigenvalue weighted by Crippen LogP contribution is -2.48. The summed E-state index contributed by atoms with van der Waals surface area (Å²) in [6, 6.07) is 11.6. The van der Waals surface area contributed by atoms with Gasteiger partial charge in [0.15, 0.2) is 0 Å². The summed E-state index contributed by atoms with van der Waals surface area (Å²) in [6.45, 7) is 8.43. The van der Waals surface area contributed by atoms with E-state index < -0.39 is 0 Å². The van der Waals surface area contributed by atoms with Gasteiger partial charge in [-0.05, 0) is 61.3 Å². The molecule has 2 heterocycles. The van der Waals surface area contributed by atoms with Crippen molar-refractivity contribution in [1.82, 2.24) is 14.4 Å². The van der Waals surface area contributed by atoms with Crippen molar-refractivity contribution in [2.75, 3.05) is 32.7 Å². The van der Waals surface area contributed by atoms with Crippen molar-refractivity contribution in [3.63, 3.8) is 0 Å². The lowest BCUT2D eigenvalue weighted by molar-refractivity contribution is 0.0637. The maximum Gasteiger partial charge on any atom is 0.255 e. The monoisotopic (exact) mass is 482 g/mol. The van der Waals surface area contributed by atoms with Crippen molar-refractivity contribution in [3.8, 4) is 6.07 Å². The van der Waals surface area contributed by atoms with E-state index in [0.717, 1.165) is 53.8 Å². The number of carbonyl (C=O) groups excluding carboxylic acids is 1. The molecule has 4 rings (SSSR count). The smallest absolute Gasteiger partial charge is 0.255 e. The lowest BCUT2D eigenvalue weighted by Gasteiger charge is -2.34. The number of aryl methyl sites for hydroxylation is 2. The van der Waals surface area contributed by atoms with Gasteiger partial charge in [0.2, 0.25) is 0 Å². The number of hydrogen-bond acceptors (Lipinski definition) is 3.